The lowest BCUT2D eigenvalue weighted by Crippen LogP contribution is -2.44. The van der Waals surface area contributed by atoms with Crippen molar-refractivity contribution < 1.29 is 18.7 Å². The summed E-state index contributed by atoms with van der Waals surface area (Å²) in [5.41, 5.74) is 0.975. The summed E-state index contributed by atoms with van der Waals surface area (Å²) in [4.78, 5) is 25.8. The van der Waals surface area contributed by atoms with Crippen molar-refractivity contribution in [3.63, 3.8) is 0 Å². The molecule has 0 spiro atoms. The molecule has 3 atom stereocenters. The first-order valence-electron chi connectivity index (χ1n) is 12.2. The van der Waals surface area contributed by atoms with Crippen molar-refractivity contribution in [1.29, 1.82) is 0 Å². The van der Waals surface area contributed by atoms with Gasteiger partial charge in [0.2, 0.25) is 5.95 Å². The molecule has 12 nitrogen and oxygen atoms in total. The fourth-order valence-corrected chi connectivity index (χ4v) is 4.52. The number of halogens is 1. The minimum Gasteiger partial charge on any atom is -0.441 e. The number of alkyl carbamates (subject to hydrolysis) is 1. The van der Waals surface area contributed by atoms with Crippen molar-refractivity contribution in [2.45, 2.75) is 43.7 Å². The van der Waals surface area contributed by atoms with Gasteiger partial charge in [0.15, 0.2) is 18.1 Å². The minimum atomic E-state index is -1.52. The lowest BCUT2D eigenvalue weighted by Gasteiger charge is -2.33. The molecular weight excluding hydrogens is 469 g/mol. The minimum absolute atomic E-state index is 0.0258. The third-order valence-electron chi connectivity index (χ3n) is 7.09. The second-order valence-electron chi connectivity index (χ2n) is 10.0. The number of hydrogen-bond acceptors (Lipinski definition) is 9. The van der Waals surface area contributed by atoms with Gasteiger partial charge < -0.3 is 29.9 Å². The number of likely N-dealkylation sites (N-methyl/N-ethyl adjacent to an activating group) is 1. The Kier molecular flexibility index (Phi) is 5.67. The number of nitrogens with zero attached hydrogens (tertiary/aromatic N) is 6. The molecule has 3 aromatic rings. The van der Waals surface area contributed by atoms with Crippen LogP contribution >= 0.6 is 0 Å². The Labute approximate surface area is 207 Å². The highest BCUT2D eigenvalue weighted by atomic mass is 19.1. The number of H-pyrrole nitrogens is 1. The van der Waals surface area contributed by atoms with E-state index in [4.69, 9.17) is 14.5 Å². The van der Waals surface area contributed by atoms with E-state index in [1.807, 2.05) is 23.6 Å². The number of carbonyl (C=O) groups excluding carboxylic acids is 1. The van der Waals surface area contributed by atoms with Gasteiger partial charge in [-0.1, -0.05) is 0 Å². The van der Waals surface area contributed by atoms with Crippen LogP contribution in [0.1, 0.15) is 31.6 Å². The van der Waals surface area contributed by atoms with Crippen LogP contribution in [0.15, 0.2) is 24.5 Å². The number of ether oxygens (including phenoxy) is 2. The molecule has 0 radical (unpaired) electrons. The number of piperazine rings is 1. The summed E-state index contributed by atoms with van der Waals surface area (Å²) in [7, 11) is 2.11. The van der Waals surface area contributed by atoms with E-state index in [1.54, 1.807) is 12.3 Å². The van der Waals surface area contributed by atoms with Crippen molar-refractivity contribution in [3.05, 3.63) is 30.2 Å². The number of imidazole rings is 1. The van der Waals surface area contributed by atoms with Gasteiger partial charge >= 0.3 is 6.09 Å². The highest BCUT2D eigenvalue weighted by Gasteiger charge is 2.44. The first-order valence-corrected chi connectivity index (χ1v) is 12.2. The second kappa shape index (κ2) is 8.89. The van der Waals surface area contributed by atoms with Crippen LogP contribution in [0, 0.1) is 0 Å². The smallest absolute Gasteiger partial charge is 0.408 e. The molecule has 0 bridgehead atoms. The number of carbonyl (C=O) groups is 1. The Hall–Kier alpha value is -3.45. The van der Waals surface area contributed by atoms with E-state index >= 15 is 4.39 Å². The van der Waals surface area contributed by atoms with Gasteiger partial charge in [0, 0.05) is 56.2 Å². The number of rotatable bonds is 6. The number of nitrogens with one attached hydrogen (secondary N) is 3. The molecule has 2 aliphatic heterocycles. The van der Waals surface area contributed by atoms with Crippen molar-refractivity contribution in [1.82, 2.24) is 34.8 Å². The lowest BCUT2D eigenvalue weighted by atomic mass is 10.1. The second-order valence-corrected chi connectivity index (χ2v) is 10.0. The molecule has 6 rings (SSSR count). The van der Waals surface area contributed by atoms with E-state index in [0.29, 0.717) is 17.5 Å². The van der Waals surface area contributed by atoms with Crippen LogP contribution in [0.4, 0.5) is 26.8 Å². The molecule has 3 fully saturated rings. The largest absolute Gasteiger partial charge is 0.441 e. The highest BCUT2D eigenvalue weighted by Crippen LogP contribution is 2.36. The molecular formula is C23H30FN9O3. The highest BCUT2D eigenvalue weighted by molar-refractivity contribution is 5.69. The summed E-state index contributed by atoms with van der Waals surface area (Å²) in [5, 5.41) is 13.1. The predicted molar refractivity (Wildman–Crippen MR) is 129 cm³/mol. The van der Waals surface area contributed by atoms with Crippen LogP contribution in [-0.4, -0.2) is 93.2 Å². The van der Waals surface area contributed by atoms with E-state index in [2.05, 4.69) is 42.7 Å². The van der Waals surface area contributed by atoms with Gasteiger partial charge in [0.05, 0.1) is 12.3 Å². The van der Waals surface area contributed by atoms with Crippen LogP contribution in [0.2, 0.25) is 0 Å². The molecule has 0 aromatic carbocycles. The third kappa shape index (κ3) is 4.55. The van der Waals surface area contributed by atoms with Gasteiger partial charge in [-0.3, -0.25) is 9.50 Å². The molecule has 1 aliphatic carbocycles. The van der Waals surface area contributed by atoms with Gasteiger partial charge in [-0.25, -0.2) is 14.2 Å². The van der Waals surface area contributed by atoms with Crippen LogP contribution in [0.3, 0.4) is 0 Å². The summed E-state index contributed by atoms with van der Waals surface area (Å²) < 4.78 is 27.8. The van der Waals surface area contributed by atoms with Gasteiger partial charge in [-0.15, -0.1) is 0 Å². The number of anilines is 3. The Morgan fingerprint density at radius 1 is 1.28 bits per heavy atom. The number of amides is 1. The fraction of sp³-hybridized carbons (Fsp3) is 0.565. The zero-order chi connectivity index (χ0) is 24.9. The maximum atomic E-state index is 15.1. The van der Waals surface area contributed by atoms with Crippen LogP contribution in [-0.2, 0) is 9.47 Å². The van der Waals surface area contributed by atoms with Crippen LogP contribution < -0.4 is 15.5 Å². The zero-order valence-corrected chi connectivity index (χ0v) is 20.3. The Morgan fingerprint density at radius 2 is 2.08 bits per heavy atom. The first-order chi connectivity index (χ1) is 17.4. The first kappa shape index (κ1) is 23.0. The summed E-state index contributed by atoms with van der Waals surface area (Å²) in [6.07, 6.45) is 1.29. The molecule has 3 N–H and O–H groups in total. The molecule has 1 saturated carbocycles. The van der Waals surface area contributed by atoms with Crippen LogP contribution in [0.5, 0.6) is 0 Å². The van der Waals surface area contributed by atoms with E-state index in [0.717, 1.165) is 50.5 Å². The molecule has 0 unspecified atom stereocenters. The molecule has 13 heteroatoms. The standard InChI is InChI=1S/C23H30FN9O3/c1-23(3-4-23)28-22(34)36-15-13-35-20(19(15)24)14-11-16(30-29-14)26-21-27-18(12-17-25-5-6-33(17)21)32-9-7-31(2)8-10-32/h5-6,11-12,15,19-20H,3-4,7-10,13H2,1-2H3,(H,28,34)(H2,26,27,29,30)/t15-,19-,20-/m0/s1. The van der Waals surface area contributed by atoms with Crippen LogP contribution in [0.25, 0.3) is 5.65 Å². The van der Waals surface area contributed by atoms with Crippen molar-refractivity contribution in [2.75, 3.05) is 50.1 Å². The normalized spacial score (nSPS) is 25.8. The summed E-state index contributed by atoms with van der Waals surface area (Å²) >= 11 is 0. The summed E-state index contributed by atoms with van der Waals surface area (Å²) in [5.74, 6) is 1.84. The number of alkyl halides is 1. The maximum Gasteiger partial charge on any atom is 0.408 e. The van der Waals surface area contributed by atoms with E-state index in [9.17, 15) is 4.79 Å². The van der Waals surface area contributed by atoms with Gasteiger partial charge in [0.1, 0.15) is 17.6 Å². The molecule has 192 valence electrons. The van der Waals surface area contributed by atoms with Crippen molar-refractivity contribution in [2.24, 2.45) is 0 Å². The lowest BCUT2D eigenvalue weighted by molar-refractivity contribution is 0.0604. The monoisotopic (exact) mass is 499 g/mol. The topological polar surface area (TPSA) is 125 Å². The SMILES string of the molecule is CN1CCN(c2cc3nccn3c(Nc3cc([C@@H]4OC[C@H](OC(=O)NC5(C)CC5)[C@@H]4F)[nH]n3)n2)CC1. The number of aromatic amines is 1. The molecule has 1 amide bonds. The Bertz CT molecular complexity index is 1250. The molecule has 2 saturated heterocycles. The zero-order valence-electron chi connectivity index (χ0n) is 20.3. The Morgan fingerprint density at radius 3 is 2.86 bits per heavy atom. The maximum absolute atomic E-state index is 15.1. The summed E-state index contributed by atoms with van der Waals surface area (Å²) in [6, 6.07) is 3.64. The molecule has 3 aliphatic rings. The van der Waals surface area contributed by atoms with Gasteiger partial charge in [0.25, 0.3) is 0 Å². The van der Waals surface area contributed by atoms with E-state index in [1.165, 1.54) is 0 Å². The quantitative estimate of drug-likeness (QED) is 0.467. The van der Waals surface area contributed by atoms with Gasteiger partial charge in [-0.05, 0) is 26.8 Å². The third-order valence-corrected chi connectivity index (χ3v) is 7.09. The average molecular weight is 500 g/mol. The number of aromatic nitrogens is 5. The van der Waals surface area contributed by atoms with E-state index < -0.39 is 24.5 Å². The average Bonchev–Trinajstić information content (AvgIpc) is 3.23. The number of hydrogen-bond donors (Lipinski definition) is 3. The fourth-order valence-electron chi connectivity index (χ4n) is 4.52. The van der Waals surface area contributed by atoms with Crippen molar-refractivity contribution in [3.8, 4) is 0 Å². The molecule has 3 aromatic heterocycles. The Balaban J connectivity index is 1.15. The van der Waals surface area contributed by atoms with Crippen molar-refractivity contribution >= 4 is 29.3 Å². The van der Waals surface area contributed by atoms with Gasteiger partial charge in [-0.2, -0.15) is 10.1 Å². The molecule has 36 heavy (non-hydrogen) atoms. The summed E-state index contributed by atoms with van der Waals surface area (Å²) in [6.45, 7) is 5.59. The van der Waals surface area contributed by atoms with E-state index in [-0.39, 0.29) is 12.1 Å². The predicted octanol–water partition coefficient (Wildman–Crippen LogP) is 2.00. The molecule has 5 heterocycles. The number of fused-ring (bicyclic) bond motifs is 1.